The molecule has 2 atom stereocenters. The highest BCUT2D eigenvalue weighted by atomic mass is 16.5. The third kappa shape index (κ3) is 3.11. The third-order valence-electron chi connectivity index (χ3n) is 5.17. The minimum Gasteiger partial charge on any atom is -0.491 e. The fourth-order valence-corrected chi connectivity index (χ4v) is 3.80. The summed E-state index contributed by atoms with van der Waals surface area (Å²) in [5.41, 5.74) is 0.467. The number of ether oxygens (including phenoxy) is 2. The van der Waals surface area contributed by atoms with Gasteiger partial charge in [-0.3, -0.25) is 14.5 Å². The number of pyridine rings is 1. The number of carbonyl (C=O) groups excluding carboxylic acids is 1. The van der Waals surface area contributed by atoms with E-state index >= 15 is 0 Å². The van der Waals surface area contributed by atoms with E-state index in [0.29, 0.717) is 25.3 Å². The highest BCUT2D eigenvalue weighted by Gasteiger charge is 2.49. The van der Waals surface area contributed by atoms with Gasteiger partial charge in [0, 0.05) is 39.1 Å². The van der Waals surface area contributed by atoms with Crippen LogP contribution in [0.3, 0.4) is 0 Å². The first-order valence-corrected chi connectivity index (χ1v) is 8.59. The SMILES string of the molecule is Cn1cc(C(=O)N2CC[C@H]3OCC[C@@]3(COc3cccnc3)C2)cn1. The van der Waals surface area contributed by atoms with Crippen molar-refractivity contribution in [2.75, 3.05) is 26.3 Å². The van der Waals surface area contributed by atoms with Crippen LogP contribution in [0.15, 0.2) is 36.9 Å². The van der Waals surface area contributed by atoms with Gasteiger partial charge in [-0.05, 0) is 25.0 Å². The fraction of sp³-hybridized carbons (Fsp3) is 0.500. The standard InChI is InChI=1S/C18H22N4O3/c1-21-11-14(9-20-21)17(23)22-7-4-16-18(12-22,5-8-24-16)13-25-15-3-2-6-19-10-15/h2-3,6,9-11,16H,4-5,7-8,12-13H2,1H3/t16-,18+/m1/s1. The van der Waals surface area contributed by atoms with E-state index in [1.54, 1.807) is 29.5 Å². The molecule has 0 unspecified atom stereocenters. The van der Waals surface area contributed by atoms with Gasteiger partial charge in [-0.25, -0.2) is 0 Å². The maximum atomic E-state index is 12.8. The van der Waals surface area contributed by atoms with Crippen LogP contribution in [0, 0.1) is 5.41 Å². The monoisotopic (exact) mass is 342 g/mol. The van der Waals surface area contributed by atoms with Gasteiger partial charge in [0.05, 0.1) is 36.1 Å². The molecule has 2 aromatic rings. The van der Waals surface area contributed by atoms with Crippen LogP contribution in [0.4, 0.5) is 0 Å². The molecule has 2 aliphatic heterocycles. The Balaban J connectivity index is 1.49. The third-order valence-corrected chi connectivity index (χ3v) is 5.17. The van der Waals surface area contributed by atoms with Gasteiger partial charge < -0.3 is 14.4 Å². The number of carbonyl (C=O) groups is 1. The highest BCUT2D eigenvalue weighted by Crippen LogP contribution is 2.41. The van der Waals surface area contributed by atoms with E-state index in [2.05, 4.69) is 10.1 Å². The van der Waals surface area contributed by atoms with Crippen LogP contribution >= 0.6 is 0 Å². The molecule has 25 heavy (non-hydrogen) atoms. The van der Waals surface area contributed by atoms with Crippen LogP contribution in [0.2, 0.25) is 0 Å². The van der Waals surface area contributed by atoms with E-state index in [-0.39, 0.29) is 17.4 Å². The lowest BCUT2D eigenvalue weighted by Gasteiger charge is -2.43. The Morgan fingerprint density at radius 3 is 3.16 bits per heavy atom. The first kappa shape index (κ1) is 16.1. The Morgan fingerprint density at radius 1 is 1.48 bits per heavy atom. The Bertz CT molecular complexity index is 748. The van der Waals surface area contributed by atoms with E-state index in [1.165, 1.54) is 0 Å². The van der Waals surface area contributed by atoms with Crippen LogP contribution in [-0.2, 0) is 11.8 Å². The molecule has 1 amide bonds. The quantitative estimate of drug-likeness (QED) is 0.842. The topological polar surface area (TPSA) is 69.5 Å². The molecule has 2 saturated heterocycles. The van der Waals surface area contributed by atoms with E-state index in [4.69, 9.17) is 9.47 Å². The summed E-state index contributed by atoms with van der Waals surface area (Å²) in [6.45, 7) is 2.59. The van der Waals surface area contributed by atoms with E-state index in [0.717, 1.165) is 25.2 Å². The van der Waals surface area contributed by atoms with Gasteiger partial charge in [-0.1, -0.05) is 0 Å². The molecule has 4 rings (SSSR count). The number of aryl methyl sites for hydroxylation is 1. The summed E-state index contributed by atoms with van der Waals surface area (Å²) in [7, 11) is 1.82. The van der Waals surface area contributed by atoms with Gasteiger partial charge in [0.1, 0.15) is 5.75 Å². The average Bonchev–Trinajstić information content (AvgIpc) is 3.26. The minimum absolute atomic E-state index is 0.0270. The van der Waals surface area contributed by atoms with Crippen LogP contribution in [0.5, 0.6) is 5.75 Å². The predicted molar refractivity (Wildman–Crippen MR) is 90.3 cm³/mol. The molecule has 0 radical (unpaired) electrons. The Morgan fingerprint density at radius 2 is 2.40 bits per heavy atom. The van der Waals surface area contributed by atoms with Crippen LogP contribution in [-0.4, -0.2) is 58.0 Å². The van der Waals surface area contributed by atoms with Gasteiger partial charge in [0.15, 0.2) is 0 Å². The summed E-state index contributed by atoms with van der Waals surface area (Å²) in [5.74, 6) is 0.775. The predicted octanol–water partition coefficient (Wildman–Crippen LogP) is 1.52. The molecule has 0 aromatic carbocycles. The van der Waals surface area contributed by atoms with Crippen molar-refractivity contribution in [1.29, 1.82) is 0 Å². The molecular weight excluding hydrogens is 320 g/mol. The molecule has 2 aliphatic rings. The molecule has 7 nitrogen and oxygen atoms in total. The number of amides is 1. The van der Waals surface area contributed by atoms with Crippen molar-refractivity contribution in [3.8, 4) is 5.75 Å². The summed E-state index contributed by atoms with van der Waals surface area (Å²) in [6.07, 6.45) is 8.69. The summed E-state index contributed by atoms with van der Waals surface area (Å²) in [5, 5.41) is 4.11. The second kappa shape index (κ2) is 6.48. The van der Waals surface area contributed by atoms with E-state index in [9.17, 15) is 4.79 Å². The lowest BCUT2D eigenvalue weighted by Crippen LogP contribution is -2.54. The zero-order valence-corrected chi connectivity index (χ0v) is 14.3. The zero-order chi connectivity index (χ0) is 17.3. The van der Waals surface area contributed by atoms with Crippen molar-refractivity contribution in [3.63, 3.8) is 0 Å². The summed E-state index contributed by atoms with van der Waals surface area (Å²) in [6, 6.07) is 3.75. The van der Waals surface area contributed by atoms with Crippen molar-refractivity contribution < 1.29 is 14.3 Å². The molecule has 0 aliphatic carbocycles. The molecular formula is C18H22N4O3. The lowest BCUT2D eigenvalue weighted by atomic mass is 9.77. The van der Waals surface area contributed by atoms with Crippen molar-refractivity contribution in [3.05, 3.63) is 42.5 Å². The average molecular weight is 342 g/mol. The van der Waals surface area contributed by atoms with Crippen molar-refractivity contribution >= 4 is 5.91 Å². The number of rotatable bonds is 4. The molecule has 2 fully saturated rings. The van der Waals surface area contributed by atoms with E-state index in [1.807, 2.05) is 24.1 Å². The zero-order valence-electron chi connectivity index (χ0n) is 14.3. The summed E-state index contributed by atoms with van der Waals surface area (Å²) in [4.78, 5) is 18.8. The minimum atomic E-state index is -0.161. The van der Waals surface area contributed by atoms with Crippen LogP contribution < -0.4 is 4.74 Å². The van der Waals surface area contributed by atoms with Crippen LogP contribution in [0.1, 0.15) is 23.2 Å². The number of hydrogen-bond donors (Lipinski definition) is 0. The van der Waals surface area contributed by atoms with Gasteiger partial charge in [0.25, 0.3) is 5.91 Å². The van der Waals surface area contributed by atoms with Gasteiger partial charge in [-0.15, -0.1) is 0 Å². The molecule has 0 spiro atoms. The van der Waals surface area contributed by atoms with Crippen LogP contribution in [0.25, 0.3) is 0 Å². The first-order valence-electron chi connectivity index (χ1n) is 8.59. The molecule has 132 valence electrons. The molecule has 7 heteroatoms. The largest absolute Gasteiger partial charge is 0.491 e. The summed E-state index contributed by atoms with van der Waals surface area (Å²) >= 11 is 0. The highest BCUT2D eigenvalue weighted by molar-refractivity contribution is 5.93. The number of nitrogens with zero attached hydrogens (tertiary/aromatic N) is 4. The molecule has 2 aromatic heterocycles. The first-order chi connectivity index (χ1) is 12.2. The van der Waals surface area contributed by atoms with Gasteiger partial charge >= 0.3 is 0 Å². The van der Waals surface area contributed by atoms with Gasteiger partial charge in [0.2, 0.25) is 0 Å². The van der Waals surface area contributed by atoms with Crippen molar-refractivity contribution in [1.82, 2.24) is 19.7 Å². The van der Waals surface area contributed by atoms with Gasteiger partial charge in [-0.2, -0.15) is 5.10 Å². The molecule has 0 N–H and O–H groups in total. The molecule has 0 bridgehead atoms. The molecule has 0 saturated carbocycles. The Labute approximate surface area is 146 Å². The Hall–Kier alpha value is -2.41. The summed E-state index contributed by atoms with van der Waals surface area (Å²) < 4.78 is 13.6. The number of hydrogen-bond acceptors (Lipinski definition) is 5. The van der Waals surface area contributed by atoms with Crippen molar-refractivity contribution in [2.24, 2.45) is 12.5 Å². The van der Waals surface area contributed by atoms with E-state index < -0.39 is 0 Å². The number of likely N-dealkylation sites (tertiary alicyclic amines) is 1. The maximum Gasteiger partial charge on any atom is 0.257 e. The second-order valence-corrected chi connectivity index (χ2v) is 6.87. The maximum absolute atomic E-state index is 12.8. The van der Waals surface area contributed by atoms with Crippen molar-refractivity contribution in [2.45, 2.75) is 18.9 Å². The number of fused-ring (bicyclic) bond motifs is 1. The number of aromatic nitrogens is 3. The lowest BCUT2D eigenvalue weighted by molar-refractivity contribution is -0.0326. The molecule has 4 heterocycles. The smallest absolute Gasteiger partial charge is 0.257 e. The normalized spacial score (nSPS) is 25.6. The second-order valence-electron chi connectivity index (χ2n) is 6.87. The fourth-order valence-electron chi connectivity index (χ4n) is 3.80. The number of piperidine rings is 1. The Kier molecular flexibility index (Phi) is 4.17.